The van der Waals surface area contributed by atoms with Crippen molar-refractivity contribution in [3.05, 3.63) is 42.5 Å². The van der Waals surface area contributed by atoms with Gasteiger partial charge in [-0.2, -0.15) is 5.10 Å². The topological polar surface area (TPSA) is 85.8 Å². The van der Waals surface area contributed by atoms with Crippen LogP contribution in [0.4, 0.5) is 5.69 Å². The lowest BCUT2D eigenvalue weighted by molar-refractivity contribution is -0.121. The summed E-state index contributed by atoms with van der Waals surface area (Å²) in [6.45, 7) is 0.662. The van der Waals surface area contributed by atoms with Crippen LogP contribution in [0.15, 0.2) is 36.9 Å². The van der Waals surface area contributed by atoms with Crippen molar-refractivity contribution in [2.75, 3.05) is 5.32 Å². The molecule has 1 aliphatic carbocycles. The van der Waals surface area contributed by atoms with Crippen LogP contribution in [0.1, 0.15) is 31.2 Å². The summed E-state index contributed by atoms with van der Waals surface area (Å²) in [5.41, 5.74) is 7.32. The lowest BCUT2D eigenvalue weighted by atomic mass is 9.98. The minimum Gasteiger partial charge on any atom is -0.324 e. The van der Waals surface area contributed by atoms with Gasteiger partial charge >= 0.3 is 0 Å². The van der Waals surface area contributed by atoms with Crippen LogP contribution in [0.5, 0.6) is 0 Å². The number of hydrogen-bond donors (Lipinski definition) is 2. The van der Waals surface area contributed by atoms with E-state index >= 15 is 0 Å². The van der Waals surface area contributed by atoms with E-state index in [2.05, 4.69) is 15.4 Å². The first kappa shape index (κ1) is 13.8. The first-order chi connectivity index (χ1) is 10.2. The van der Waals surface area contributed by atoms with Crippen molar-refractivity contribution in [1.82, 2.24) is 14.8 Å². The number of benzene rings is 1. The maximum absolute atomic E-state index is 12.2. The highest BCUT2D eigenvalue weighted by Gasteiger charge is 2.36. The predicted octanol–water partition coefficient (Wildman–Crippen LogP) is 1.54. The van der Waals surface area contributed by atoms with Crippen molar-refractivity contribution in [3.8, 4) is 0 Å². The Morgan fingerprint density at radius 1 is 1.29 bits per heavy atom. The summed E-state index contributed by atoms with van der Waals surface area (Å²) in [7, 11) is 0. The third-order valence-corrected chi connectivity index (χ3v) is 3.97. The Balaban J connectivity index is 1.63. The van der Waals surface area contributed by atoms with Crippen LogP contribution in [0.2, 0.25) is 0 Å². The van der Waals surface area contributed by atoms with Crippen LogP contribution in [0.3, 0.4) is 0 Å². The Labute approximate surface area is 123 Å². The average Bonchev–Trinajstić information content (AvgIpc) is 3.13. The van der Waals surface area contributed by atoms with E-state index in [0.717, 1.165) is 36.9 Å². The van der Waals surface area contributed by atoms with Gasteiger partial charge in [-0.05, 0) is 30.5 Å². The largest absolute Gasteiger partial charge is 0.324 e. The first-order valence-electron chi connectivity index (χ1n) is 7.17. The van der Waals surface area contributed by atoms with E-state index in [1.54, 1.807) is 11.0 Å². The number of nitrogens with one attached hydrogen (secondary N) is 1. The molecule has 1 amide bonds. The maximum atomic E-state index is 12.2. The second kappa shape index (κ2) is 5.65. The quantitative estimate of drug-likeness (QED) is 0.892. The van der Waals surface area contributed by atoms with Crippen LogP contribution in [0.25, 0.3) is 0 Å². The number of hydrogen-bond acceptors (Lipinski definition) is 4. The summed E-state index contributed by atoms with van der Waals surface area (Å²) in [6.07, 6.45) is 6.78. The highest BCUT2D eigenvalue weighted by molar-refractivity contribution is 5.98. The summed E-state index contributed by atoms with van der Waals surface area (Å²) in [5.74, 6) is -0.0796. The van der Waals surface area contributed by atoms with E-state index in [0.29, 0.717) is 6.54 Å². The fraction of sp³-hybridized carbons (Fsp3) is 0.400. The number of anilines is 1. The molecule has 2 aromatic rings. The molecule has 0 bridgehead atoms. The Kier molecular flexibility index (Phi) is 3.70. The predicted molar refractivity (Wildman–Crippen MR) is 79.6 cm³/mol. The van der Waals surface area contributed by atoms with Crippen LogP contribution >= 0.6 is 0 Å². The Bertz CT molecular complexity index is 600. The maximum Gasteiger partial charge on any atom is 0.244 e. The molecule has 0 saturated heterocycles. The molecule has 3 rings (SSSR count). The molecule has 0 radical (unpaired) electrons. The Morgan fingerprint density at radius 3 is 2.62 bits per heavy atom. The summed E-state index contributed by atoms with van der Waals surface area (Å²) in [4.78, 5) is 16.1. The summed E-state index contributed by atoms with van der Waals surface area (Å²) < 4.78 is 1.75. The first-order valence-corrected chi connectivity index (χ1v) is 7.17. The minimum absolute atomic E-state index is 0.0796. The number of nitrogens with two attached hydrogens (primary N) is 1. The normalized spacial score (nSPS) is 16.8. The third kappa shape index (κ3) is 3.11. The van der Waals surface area contributed by atoms with E-state index in [1.165, 1.54) is 6.33 Å². The van der Waals surface area contributed by atoms with E-state index in [9.17, 15) is 4.79 Å². The lowest BCUT2D eigenvalue weighted by Crippen LogP contribution is -2.48. The molecule has 3 N–H and O–H groups in total. The van der Waals surface area contributed by atoms with Crippen molar-refractivity contribution in [1.29, 1.82) is 0 Å². The molecule has 1 aromatic carbocycles. The van der Waals surface area contributed by atoms with Gasteiger partial charge in [0, 0.05) is 5.69 Å². The van der Waals surface area contributed by atoms with Crippen molar-refractivity contribution in [2.24, 2.45) is 5.73 Å². The van der Waals surface area contributed by atoms with Gasteiger partial charge in [0.25, 0.3) is 0 Å². The summed E-state index contributed by atoms with van der Waals surface area (Å²) in [6, 6.07) is 7.72. The molecule has 0 aliphatic heterocycles. The number of rotatable bonds is 4. The smallest absolute Gasteiger partial charge is 0.244 e. The molecular formula is C15H19N5O. The van der Waals surface area contributed by atoms with Gasteiger partial charge in [0.15, 0.2) is 0 Å². The monoisotopic (exact) mass is 285 g/mol. The van der Waals surface area contributed by atoms with Crippen LogP contribution in [-0.4, -0.2) is 26.2 Å². The Hall–Kier alpha value is -2.21. The molecular weight excluding hydrogens is 266 g/mol. The van der Waals surface area contributed by atoms with Crippen molar-refractivity contribution < 1.29 is 4.79 Å². The fourth-order valence-corrected chi connectivity index (χ4v) is 2.68. The molecule has 0 unspecified atom stereocenters. The molecule has 21 heavy (non-hydrogen) atoms. The van der Waals surface area contributed by atoms with Gasteiger partial charge in [-0.15, -0.1) is 0 Å². The van der Waals surface area contributed by atoms with E-state index in [-0.39, 0.29) is 5.91 Å². The molecule has 1 fully saturated rings. The SMILES string of the molecule is NC1(C(=O)Nc2ccc(Cn3cncn3)cc2)CCCC1. The van der Waals surface area contributed by atoms with E-state index < -0.39 is 5.54 Å². The summed E-state index contributed by atoms with van der Waals surface area (Å²) >= 11 is 0. The third-order valence-electron chi connectivity index (χ3n) is 3.97. The van der Waals surface area contributed by atoms with Gasteiger partial charge in [-0.1, -0.05) is 25.0 Å². The highest BCUT2D eigenvalue weighted by Crippen LogP contribution is 2.28. The van der Waals surface area contributed by atoms with Gasteiger partial charge in [0.2, 0.25) is 5.91 Å². The molecule has 6 nitrogen and oxygen atoms in total. The zero-order chi connectivity index (χ0) is 14.7. The molecule has 1 aromatic heterocycles. The van der Waals surface area contributed by atoms with Crippen LogP contribution in [-0.2, 0) is 11.3 Å². The molecule has 1 saturated carbocycles. The average molecular weight is 285 g/mol. The molecule has 1 heterocycles. The minimum atomic E-state index is -0.695. The number of aromatic nitrogens is 3. The zero-order valence-electron chi connectivity index (χ0n) is 11.8. The van der Waals surface area contributed by atoms with Gasteiger partial charge in [0.1, 0.15) is 12.7 Å². The van der Waals surface area contributed by atoms with Crippen molar-refractivity contribution >= 4 is 11.6 Å². The fourth-order valence-electron chi connectivity index (χ4n) is 2.68. The number of nitrogens with zero attached hydrogens (tertiary/aromatic N) is 3. The van der Waals surface area contributed by atoms with Crippen LogP contribution < -0.4 is 11.1 Å². The van der Waals surface area contributed by atoms with E-state index in [1.807, 2.05) is 24.3 Å². The number of amides is 1. The van der Waals surface area contributed by atoms with Gasteiger partial charge in [0.05, 0.1) is 12.1 Å². The lowest BCUT2D eigenvalue weighted by Gasteiger charge is -2.22. The second-order valence-corrected chi connectivity index (χ2v) is 5.61. The number of carbonyl (C=O) groups excluding carboxylic acids is 1. The van der Waals surface area contributed by atoms with Gasteiger partial charge in [-0.25, -0.2) is 9.67 Å². The second-order valence-electron chi connectivity index (χ2n) is 5.61. The summed E-state index contributed by atoms with van der Waals surface area (Å²) in [5, 5.41) is 6.97. The van der Waals surface area contributed by atoms with Crippen molar-refractivity contribution in [2.45, 2.75) is 37.8 Å². The van der Waals surface area contributed by atoms with Crippen molar-refractivity contribution in [3.63, 3.8) is 0 Å². The standard InChI is InChI=1S/C15H19N5O/c16-15(7-1-2-8-15)14(21)19-13-5-3-12(4-6-13)9-20-11-17-10-18-20/h3-6,10-11H,1-2,7-9,16H2,(H,19,21). The van der Waals surface area contributed by atoms with Gasteiger partial charge < -0.3 is 11.1 Å². The zero-order valence-corrected chi connectivity index (χ0v) is 11.8. The Morgan fingerprint density at radius 2 is 2.00 bits per heavy atom. The molecule has 6 heteroatoms. The number of carbonyl (C=O) groups is 1. The highest BCUT2D eigenvalue weighted by atomic mass is 16.2. The molecule has 1 aliphatic rings. The molecule has 0 atom stereocenters. The van der Waals surface area contributed by atoms with Gasteiger partial charge in [-0.3, -0.25) is 4.79 Å². The van der Waals surface area contributed by atoms with E-state index in [4.69, 9.17) is 5.73 Å². The van der Waals surface area contributed by atoms with Crippen LogP contribution in [0, 0.1) is 0 Å². The molecule has 0 spiro atoms. The molecule has 110 valence electrons.